The lowest BCUT2D eigenvalue weighted by Gasteiger charge is -2.38. The van der Waals surface area contributed by atoms with E-state index in [-0.39, 0.29) is 18.2 Å². The van der Waals surface area contributed by atoms with Gasteiger partial charge >= 0.3 is 0 Å². The summed E-state index contributed by atoms with van der Waals surface area (Å²) in [5.41, 5.74) is 3.12. The minimum atomic E-state index is -0.716. The SMILES string of the molecule is CCc1ccc(NC(=O)C2CC(=O)NC(N3CCN(c4ccccc4)CC3)=N2)cc1. The summed E-state index contributed by atoms with van der Waals surface area (Å²) < 4.78 is 0. The number of guanidine groups is 1. The minimum absolute atomic E-state index is 0.0619. The van der Waals surface area contributed by atoms with Crippen LogP contribution in [0.25, 0.3) is 0 Å². The van der Waals surface area contributed by atoms with E-state index in [0.717, 1.165) is 38.3 Å². The Balaban J connectivity index is 1.39. The molecule has 1 atom stereocenters. The molecule has 30 heavy (non-hydrogen) atoms. The van der Waals surface area contributed by atoms with E-state index >= 15 is 0 Å². The fourth-order valence-electron chi connectivity index (χ4n) is 3.75. The molecule has 0 aromatic heterocycles. The summed E-state index contributed by atoms with van der Waals surface area (Å²) in [7, 11) is 0. The van der Waals surface area contributed by atoms with Gasteiger partial charge in [0.25, 0.3) is 0 Å². The zero-order valence-electron chi connectivity index (χ0n) is 17.2. The molecular formula is C23H27N5O2. The number of amides is 2. The number of carbonyl (C=O) groups is 2. The Kier molecular flexibility index (Phi) is 5.97. The van der Waals surface area contributed by atoms with Crippen molar-refractivity contribution in [3.05, 3.63) is 60.2 Å². The van der Waals surface area contributed by atoms with E-state index in [1.54, 1.807) is 0 Å². The standard InChI is InChI=1S/C23H27N5O2/c1-2-17-8-10-18(11-9-17)24-22(30)20-16-21(29)26-23(25-20)28-14-12-27(13-15-28)19-6-4-3-5-7-19/h3-11,20H,2,12-16H2,1H3,(H,24,30)(H,25,26,29). The maximum Gasteiger partial charge on any atom is 0.249 e. The van der Waals surface area contributed by atoms with Crippen molar-refractivity contribution in [2.75, 3.05) is 36.4 Å². The molecule has 1 saturated heterocycles. The molecule has 7 nitrogen and oxygen atoms in total. The number of anilines is 2. The first-order valence-corrected chi connectivity index (χ1v) is 10.4. The third kappa shape index (κ3) is 4.62. The molecule has 2 N–H and O–H groups in total. The van der Waals surface area contributed by atoms with Crippen molar-refractivity contribution < 1.29 is 9.59 Å². The first-order valence-electron chi connectivity index (χ1n) is 10.4. The molecule has 0 radical (unpaired) electrons. The van der Waals surface area contributed by atoms with Crippen LogP contribution in [0.15, 0.2) is 59.6 Å². The smallest absolute Gasteiger partial charge is 0.249 e. The lowest BCUT2D eigenvalue weighted by Crippen LogP contribution is -2.56. The zero-order valence-corrected chi connectivity index (χ0v) is 17.2. The Hall–Kier alpha value is -3.35. The minimum Gasteiger partial charge on any atom is -0.368 e. The number of benzene rings is 2. The molecule has 0 bridgehead atoms. The van der Waals surface area contributed by atoms with Gasteiger partial charge in [-0.05, 0) is 36.2 Å². The number of para-hydroxylation sites is 1. The van der Waals surface area contributed by atoms with Crippen molar-refractivity contribution in [1.82, 2.24) is 10.2 Å². The van der Waals surface area contributed by atoms with Gasteiger partial charge < -0.3 is 15.1 Å². The highest BCUT2D eigenvalue weighted by Crippen LogP contribution is 2.17. The maximum absolute atomic E-state index is 12.7. The Labute approximate surface area is 176 Å². The van der Waals surface area contributed by atoms with Crippen LogP contribution in [0.3, 0.4) is 0 Å². The van der Waals surface area contributed by atoms with E-state index in [9.17, 15) is 9.59 Å². The van der Waals surface area contributed by atoms with Gasteiger partial charge in [-0.2, -0.15) is 0 Å². The van der Waals surface area contributed by atoms with Crippen LogP contribution >= 0.6 is 0 Å². The largest absolute Gasteiger partial charge is 0.368 e. The van der Waals surface area contributed by atoms with E-state index in [1.807, 2.05) is 47.4 Å². The third-order valence-corrected chi connectivity index (χ3v) is 5.54. The van der Waals surface area contributed by atoms with Crippen LogP contribution < -0.4 is 15.5 Å². The lowest BCUT2D eigenvalue weighted by atomic mass is 10.1. The second-order valence-electron chi connectivity index (χ2n) is 7.57. The van der Waals surface area contributed by atoms with Crippen LogP contribution in [0.2, 0.25) is 0 Å². The fourth-order valence-corrected chi connectivity index (χ4v) is 3.75. The Morgan fingerprint density at radius 1 is 1.03 bits per heavy atom. The summed E-state index contributed by atoms with van der Waals surface area (Å²) in [6, 6.07) is 17.3. The van der Waals surface area contributed by atoms with Crippen molar-refractivity contribution in [2.45, 2.75) is 25.8 Å². The molecule has 1 fully saturated rings. The van der Waals surface area contributed by atoms with Crippen LogP contribution in [0.1, 0.15) is 18.9 Å². The highest BCUT2D eigenvalue weighted by molar-refractivity contribution is 6.06. The maximum atomic E-state index is 12.7. The quantitative estimate of drug-likeness (QED) is 0.818. The molecule has 2 aromatic carbocycles. The van der Waals surface area contributed by atoms with Crippen LogP contribution in [0.4, 0.5) is 11.4 Å². The van der Waals surface area contributed by atoms with Gasteiger partial charge in [0.15, 0.2) is 0 Å². The van der Waals surface area contributed by atoms with Crippen molar-refractivity contribution in [2.24, 2.45) is 4.99 Å². The predicted octanol–water partition coefficient (Wildman–Crippen LogP) is 2.25. The summed E-state index contributed by atoms with van der Waals surface area (Å²) >= 11 is 0. The summed E-state index contributed by atoms with van der Waals surface area (Å²) in [5, 5.41) is 5.73. The predicted molar refractivity (Wildman–Crippen MR) is 119 cm³/mol. The normalized spacial score (nSPS) is 19.2. The van der Waals surface area contributed by atoms with E-state index in [0.29, 0.717) is 5.96 Å². The van der Waals surface area contributed by atoms with Gasteiger partial charge in [0, 0.05) is 37.6 Å². The van der Waals surface area contributed by atoms with E-state index < -0.39 is 6.04 Å². The molecule has 1 unspecified atom stereocenters. The number of hydrogen-bond donors (Lipinski definition) is 2. The third-order valence-electron chi connectivity index (χ3n) is 5.54. The molecule has 7 heteroatoms. The Morgan fingerprint density at radius 3 is 2.37 bits per heavy atom. The molecule has 156 valence electrons. The number of aryl methyl sites for hydroxylation is 1. The molecule has 2 amide bonds. The molecule has 0 saturated carbocycles. The van der Waals surface area contributed by atoms with Crippen molar-refractivity contribution in [3.63, 3.8) is 0 Å². The number of nitrogens with zero attached hydrogens (tertiary/aromatic N) is 3. The summed E-state index contributed by atoms with van der Waals surface area (Å²) in [5.74, 6) is 0.0712. The molecule has 2 aromatic rings. The van der Waals surface area contributed by atoms with Crippen molar-refractivity contribution in [1.29, 1.82) is 0 Å². The fraction of sp³-hybridized carbons (Fsp3) is 0.348. The molecule has 0 aliphatic carbocycles. The number of nitrogens with one attached hydrogen (secondary N) is 2. The number of hydrogen-bond acceptors (Lipinski definition) is 5. The van der Waals surface area contributed by atoms with Gasteiger partial charge in [-0.3, -0.25) is 14.9 Å². The number of aliphatic imine (C=N–C) groups is 1. The zero-order chi connectivity index (χ0) is 20.9. The highest BCUT2D eigenvalue weighted by atomic mass is 16.2. The number of piperazine rings is 1. The van der Waals surface area contributed by atoms with Crippen molar-refractivity contribution in [3.8, 4) is 0 Å². The highest BCUT2D eigenvalue weighted by Gasteiger charge is 2.30. The molecule has 2 heterocycles. The molecule has 4 rings (SSSR count). The van der Waals surface area contributed by atoms with Crippen LogP contribution in [0, 0.1) is 0 Å². The van der Waals surface area contributed by atoms with Gasteiger partial charge in [-0.1, -0.05) is 37.3 Å². The number of rotatable bonds is 4. The van der Waals surface area contributed by atoms with Crippen LogP contribution in [0.5, 0.6) is 0 Å². The van der Waals surface area contributed by atoms with Gasteiger partial charge in [0.05, 0.1) is 6.42 Å². The van der Waals surface area contributed by atoms with E-state index in [2.05, 4.69) is 39.6 Å². The molecule has 0 spiro atoms. The lowest BCUT2D eigenvalue weighted by molar-refractivity contribution is -0.125. The topological polar surface area (TPSA) is 77.0 Å². The monoisotopic (exact) mass is 405 g/mol. The van der Waals surface area contributed by atoms with Gasteiger partial charge in [0.1, 0.15) is 6.04 Å². The first kappa shape index (κ1) is 19.9. The Bertz CT molecular complexity index is 918. The summed E-state index contributed by atoms with van der Waals surface area (Å²) in [4.78, 5) is 33.9. The Morgan fingerprint density at radius 2 is 1.70 bits per heavy atom. The van der Waals surface area contributed by atoms with Crippen LogP contribution in [-0.2, 0) is 16.0 Å². The first-order chi connectivity index (χ1) is 14.6. The van der Waals surface area contributed by atoms with Crippen LogP contribution in [-0.4, -0.2) is 54.9 Å². The van der Waals surface area contributed by atoms with Crippen molar-refractivity contribution >= 4 is 29.1 Å². The van der Waals surface area contributed by atoms with Gasteiger partial charge in [-0.15, -0.1) is 0 Å². The molecular weight excluding hydrogens is 378 g/mol. The van der Waals surface area contributed by atoms with Gasteiger partial charge in [-0.25, -0.2) is 4.99 Å². The average molecular weight is 406 g/mol. The van der Waals surface area contributed by atoms with E-state index in [1.165, 1.54) is 11.3 Å². The molecule has 2 aliphatic rings. The van der Waals surface area contributed by atoms with E-state index in [4.69, 9.17) is 0 Å². The average Bonchev–Trinajstić information content (AvgIpc) is 2.80. The molecule has 2 aliphatic heterocycles. The number of carbonyl (C=O) groups excluding carboxylic acids is 2. The van der Waals surface area contributed by atoms with Gasteiger partial charge in [0.2, 0.25) is 17.8 Å². The second kappa shape index (κ2) is 8.98. The second-order valence-corrected chi connectivity index (χ2v) is 7.57. The summed E-state index contributed by atoms with van der Waals surface area (Å²) in [6.45, 7) is 5.23. The summed E-state index contributed by atoms with van der Waals surface area (Å²) in [6.07, 6.45) is 1.01.